The Bertz CT molecular complexity index is 363. The number of rotatable bonds is 3. The summed E-state index contributed by atoms with van der Waals surface area (Å²) in [5.74, 6) is -0.117. The lowest BCUT2D eigenvalue weighted by atomic mass is 10.0. The summed E-state index contributed by atoms with van der Waals surface area (Å²) in [7, 11) is 1.70. The lowest BCUT2D eigenvalue weighted by Crippen LogP contribution is -2.19. The third-order valence-corrected chi connectivity index (χ3v) is 2.23. The fourth-order valence-electron chi connectivity index (χ4n) is 1.22. The van der Waals surface area contributed by atoms with Gasteiger partial charge in [0.25, 0.3) is 0 Å². The molecule has 3 nitrogen and oxygen atoms in total. The largest absolute Gasteiger partial charge is 0.506 e. The molecule has 0 aliphatic carbocycles. The molecule has 0 heterocycles. The smallest absolute Gasteiger partial charge is 0.176 e. The minimum atomic E-state index is -0.0586. The highest BCUT2D eigenvalue weighted by Crippen LogP contribution is 2.26. The second kappa shape index (κ2) is 4.44. The maximum absolute atomic E-state index is 11.5. The van der Waals surface area contributed by atoms with Gasteiger partial charge in [-0.15, -0.1) is 0 Å². The Hall–Kier alpha value is -1.06. The van der Waals surface area contributed by atoms with Gasteiger partial charge in [0.15, 0.2) is 5.78 Å². The van der Waals surface area contributed by atoms with Crippen LogP contribution in [-0.2, 0) is 0 Å². The molecule has 2 N–H and O–H groups in total. The van der Waals surface area contributed by atoms with Gasteiger partial charge in [-0.05, 0) is 31.7 Å². The van der Waals surface area contributed by atoms with Crippen LogP contribution >= 0.6 is 11.6 Å². The minimum absolute atomic E-state index is 0.0584. The summed E-state index contributed by atoms with van der Waals surface area (Å²) in [5, 5.41) is 12.4. The Morgan fingerprint density at radius 1 is 1.57 bits per heavy atom. The van der Waals surface area contributed by atoms with Crippen LogP contribution < -0.4 is 5.32 Å². The molecule has 0 fully saturated rings. The number of Topliss-reactive ketones (excluding diaryl/α,β-unsaturated/α-hetero) is 1. The van der Waals surface area contributed by atoms with E-state index in [1.54, 1.807) is 20.0 Å². The number of halogens is 1. The lowest BCUT2D eigenvalue weighted by Gasteiger charge is -2.06. The summed E-state index contributed by atoms with van der Waals surface area (Å²) in [4.78, 5) is 11.5. The predicted octanol–water partition coefficient (Wildman–Crippen LogP) is 1.76. The maximum atomic E-state index is 11.5. The van der Waals surface area contributed by atoms with Crippen LogP contribution in [0.3, 0.4) is 0 Å². The number of nitrogens with one attached hydrogen (secondary N) is 1. The van der Waals surface area contributed by atoms with Crippen LogP contribution in [0.15, 0.2) is 12.1 Å². The first-order valence-electron chi connectivity index (χ1n) is 4.23. The zero-order chi connectivity index (χ0) is 10.7. The van der Waals surface area contributed by atoms with Crippen LogP contribution in [0.1, 0.15) is 15.9 Å². The Balaban J connectivity index is 3.09. The van der Waals surface area contributed by atoms with Gasteiger partial charge in [-0.2, -0.15) is 0 Å². The molecule has 0 saturated carbocycles. The van der Waals surface area contributed by atoms with Crippen molar-refractivity contribution in [3.05, 3.63) is 28.3 Å². The first kappa shape index (κ1) is 11.0. The number of carbonyl (C=O) groups is 1. The molecule has 0 radical (unpaired) electrons. The van der Waals surface area contributed by atoms with Crippen molar-refractivity contribution in [3.63, 3.8) is 0 Å². The van der Waals surface area contributed by atoms with Crippen molar-refractivity contribution in [1.82, 2.24) is 5.32 Å². The molecule has 1 aromatic carbocycles. The number of hydrogen-bond acceptors (Lipinski definition) is 3. The van der Waals surface area contributed by atoms with Crippen molar-refractivity contribution >= 4 is 17.4 Å². The molecule has 4 heteroatoms. The molecule has 76 valence electrons. The van der Waals surface area contributed by atoms with E-state index in [0.29, 0.717) is 5.56 Å². The first-order chi connectivity index (χ1) is 6.56. The SMILES string of the molecule is CNCC(=O)c1cc(O)c(Cl)cc1C. The normalized spacial score (nSPS) is 10.2. The molecule has 0 aliphatic rings. The highest BCUT2D eigenvalue weighted by molar-refractivity contribution is 6.32. The van der Waals surface area contributed by atoms with E-state index in [2.05, 4.69) is 5.32 Å². The zero-order valence-electron chi connectivity index (χ0n) is 8.10. The van der Waals surface area contributed by atoms with Crippen molar-refractivity contribution in [2.24, 2.45) is 0 Å². The molecule has 14 heavy (non-hydrogen) atoms. The summed E-state index contributed by atoms with van der Waals surface area (Å²) < 4.78 is 0. The molecule has 0 aliphatic heterocycles. The molecule has 0 saturated heterocycles. The van der Waals surface area contributed by atoms with Gasteiger partial charge >= 0.3 is 0 Å². The monoisotopic (exact) mass is 213 g/mol. The summed E-state index contributed by atoms with van der Waals surface area (Å²) >= 11 is 5.69. The summed E-state index contributed by atoms with van der Waals surface area (Å²) in [5.41, 5.74) is 1.27. The van der Waals surface area contributed by atoms with Crippen LogP contribution in [-0.4, -0.2) is 24.5 Å². The Kier molecular flexibility index (Phi) is 3.49. The summed E-state index contributed by atoms with van der Waals surface area (Å²) in [6, 6.07) is 2.98. The average Bonchev–Trinajstić information content (AvgIpc) is 2.11. The van der Waals surface area contributed by atoms with Crippen molar-refractivity contribution < 1.29 is 9.90 Å². The Morgan fingerprint density at radius 2 is 2.21 bits per heavy atom. The molecule has 1 rings (SSSR count). The van der Waals surface area contributed by atoms with Gasteiger partial charge in [-0.1, -0.05) is 11.6 Å². The van der Waals surface area contributed by atoms with Gasteiger partial charge in [-0.3, -0.25) is 4.79 Å². The minimum Gasteiger partial charge on any atom is -0.506 e. The van der Waals surface area contributed by atoms with E-state index in [-0.39, 0.29) is 23.1 Å². The van der Waals surface area contributed by atoms with Gasteiger partial charge in [0.2, 0.25) is 0 Å². The average molecular weight is 214 g/mol. The summed E-state index contributed by atoms with van der Waals surface area (Å²) in [6.45, 7) is 2.04. The van der Waals surface area contributed by atoms with E-state index in [1.807, 2.05) is 0 Å². The first-order valence-corrected chi connectivity index (χ1v) is 4.61. The van der Waals surface area contributed by atoms with Gasteiger partial charge in [0.1, 0.15) is 5.75 Å². The number of carbonyl (C=O) groups excluding carboxylic acids is 1. The highest BCUT2D eigenvalue weighted by Gasteiger charge is 2.11. The topological polar surface area (TPSA) is 49.3 Å². The van der Waals surface area contributed by atoms with Gasteiger partial charge < -0.3 is 10.4 Å². The molecule has 0 spiro atoms. The standard InChI is InChI=1S/C10H12ClNO2/c1-6-3-8(11)9(13)4-7(6)10(14)5-12-2/h3-4,12-13H,5H2,1-2H3. The fraction of sp³-hybridized carbons (Fsp3) is 0.300. The fourth-order valence-corrected chi connectivity index (χ4v) is 1.44. The highest BCUT2D eigenvalue weighted by atomic mass is 35.5. The molecular weight excluding hydrogens is 202 g/mol. The quantitative estimate of drug-likeness (QED) is 0.753. The van der Waals surface area contributed by atoms with E-state index in [0.717, 1.165) is 5.56 Å². The summed E-state index contributed by atoms with van der Waals surface area (Å²) in [6.07, 6.45) is 0. The Morgan fingerprint density at radius 3 is 2.79 bits per heavy atom. The number of phenolic OH excluding ortho intramolecular Hbond substituents is 1. The van der Waals surface area contributed by atoms with Gasteiger partial charge in [0.05, 0.1) is 11.6 Å². The van der Waals surface area contributed by atoms with Crippen molar-refractivity contribution in [3.8, 4) is 5.75 Å². The van der Waals surface area contributed by atoms with Crippen molar-refractivity contribution in [1.29, 1.82) is 0 Å². The van der Waals surface area contributed by atoms with Crippen LogP contribution in [0, 0.1) is 6.92 Å². The molecular formula is C10H12ClNO2. The van der Waals surface area contributed by atoms with Crippen molar-refractivity contribution in [2.75, 3.05) is 13.6 Å². The molecule has 0 aromatic heterocycles. The third-order valence-electron chi connectivity index (χ3n) is 1.93. The molecule has 0 amide bonds. The van der Waals surface area contributed by atoms with Crippen molar-refractivity contribution in [2.45, 2.75) is 6.92 Å². The molecule has 1 aromatic rings. The number of aromatic hydroxyl groups is 1. The molecule has 0 unspecified atom stereocenters. The second-order valence-electron chi connectivity index (χ2n) is 3.07. The van der Waals surface area contributed by atoms with Crippen LogP contribution in [0.4, 0.5) is 0 Å². The zero-order valence-corrected chi connectivity index (χ0v) is 8.85. The second-order valence-corrected chi connectivity index (χ2v) is 3.48. The number of ketones is 1. The number of aryl methyl sites for hydroxylation is 1. The van der Waals surface area contributed by atoms with E-state index < -0.39 is 0 Å². The van der Waals surface area contributed by atoms with Gasteiger partial charge in [0, 0.05) is 5.56 Å². The maximum Gasteiger partial charge on any atom is 0.176 e. The van der Waals surface area contributed by atoms with E-state index in [9.17, 15) is 9.90 Å². The van der Waals surface area contributed by atoms with E-state index in [4.69, 9.17) is 11.6 Å². The van der Waals surface area contributed by atoms with Crippen LogP contribution in [0.2, 0.25) is 5.02 Å². The number of hydrogen-bond donors (Lipinski definition) is 2. The molecule has 0 bridgehead atoms. The number of likely N-dealkylation sites (N-methyl/N-ethyl adjacent to an activating group) is 1. The predicted molar refractivity (Wildman–Crippen MR) is 56.1 cm³/mol. The van der Waals surface area contributed by atoms with Gasteiger partial charge in [-0.25, -0.2) is 0 Å². The van der Waals surface area contributed by atoms with Crippen LogP contribution in [0.5, 0.6) is 5.75 Å². The van der Waals surface area contributed by atoms with E-state index >= 15 is 0 Å². The van der Waals surface area contributed by atoms with E-state index in [1.165, 1.54) is 6.07 Å². The number of benzene rings is 1. The Labute approximate surface area is 87.7 Å². The lowest BCUT2D eigenvalue weighted by molar-refractivity contribution is 0.0992. The third kappa shape index (κ3) is 2.25. The number of phenols is 1. The van der Waals surface area contributed by atoms with Crippen LogP contribution in [0.25, 0.3) is 0 Å². The molecule has 0 atom stereocenters.